The third-order valence-corrected chi connectivity index (χ3v) is 7.05. The van der Waals surface area contributed by atoms with Gasteiger partial charge in [0.25, 0.3) is 0 Å². The fourth-order valence-corrected chi connectivity index (χ4v) is 5.59. The first kappa shape index (κ1) is 27.3. The second-order valence-electron chi connectivity index (χ2n) is 9.82. The van der Waals surface area contributed by atoms with Crippen molar-refractivity contribution < 1.29 is 12.4 Å². The van der Waals surface area contributed by atoms with E-state index in [0.29, 0.717) is 28.2 Å². The molecule has 0 amide bonds. The Morgan fingerprint density at radius 2 is 0.938 bits per heavy atom. The summed E-state index contributed by atoms with van der Waals surface area (Å²) in [7, 11) is 0. The van der Waals surface area contributed by atoms with Gasteiger partial charge in [0.1, 0.15) is 6.20 Å². The molecule has 2 nitrogen and oxygen atoms in total. The summed E-state index contributed by atoms with van der Waals surface area (Å²) in [6.07, 6.45) is 6.36. The number of nitrogens with zero attached hydrogens (tertiary/aromatic N) is 2. The van der Waals surface area contributed by atoms with E-state index in [-0.39, 0.29) is 12.4 Å². The Morgan fingerprint density at radius 1 is 0.625 bits per heavy atom. The molecule has 2 aromatic rings. The smallest absolute Gasteiger partial charge is 0.205 e. The Hall–Kier alpha value is -0.940. The zero-order chi connectivity index (χ0) is 23.1. The number of benzene rings is 2. The normalized spacial score (nSPS) is 14.8. The lowest BCUT2D eigenvalue weighted by Crippen LogP contribution is -3.00. The molecule has 0 spiro atoms. The van der Waals surface area contributed by atoms with Crippen LogP contribution in [0.5, 0.6) is 0 Å². The molecule has 5 heteroatoms. The highest BCUT2D eigenvalue weighted by Gasteiger charge is 2.42. The average molecular weight is 583 g/mol. The predicted molar refractivity (Wildman–Crippen MR) is 144 cm³/mol. The summed E-state index contributed by atoms with van der Waals surface area (Å²) in [4.78, 5) is 4.68. The highest BCUT2D eigenvalue weighted by atomic mass is 79.9. The number of aliphatic imine (C=N–C) groups is 1. The number of rotatable bonds is 6. The molecular weight excluding hydrogens is 548 g/mol. The summed E-state index contributed by atoms with van der Waals surface area (Å²) < 4.78 is 2.83. The van der Waals surface area contributed by atoms with Gasteiger partial charge >= 0.3 is 0 Å². The van der Waals surface area contributed by atoms with Gasteiger partial charge in [0.15, 0.2) is 11.4 Å². The number of halogens is 3. The molecule has 0 unspecified atom stereocenters. The standard InChI is InChI=1S/C27H35Br2N2.ClH/c1-16(2)22-11-20(28)12-23(17(3)4)26(22)31(10-9-30-15-31)27-24(18(5)6)13-21(29)14-25(27)19(7)8;/h9-19H,1-8H3;1H/q+1;/p-1. The van der Waals surface area contributed by atoms with Crippen LogP contribution in [0.25, 0.3) is 0 Å². The van der Waals surface area contributed by atoms with Crippen LogP contribution in [-0.2, 0) is 0 Å². The first-order valence-corrected chi connectivity index (χ1v) is 12.9. The lowest BCUT2D eigenvalue weighted by Gasteiger charge is -2.36. The van der Waals surface area contributed by atoms with E-state index in [9.17, 15) is 0 Å². The molecule has 0 fully saturated rings. The van der Waals surface area contributed by atoms with Crippen LogP contribution in [0, 0.1) is 0 Å². The minimum absolute atomic E-state index is 0. The fourth-order valence-electron chi connectivity index (χ4n) is 4.60. The van der Waals surface area contributed by atoms with Crippen LogP contribution in [0.2, 0.25) is 0 Å². The fraction of sp³-hybridized carbons (Fsp3) is 0.444. The van der Waals surface area contributed by atoms with Crippen LogP contribution in [0.15, 0.2) is 50.6 Å². The van der Waals surface area contributed by atoms with E-state index in [1.807, 2.05) is 6.20 Å². The summed E-state index contributed by atoms with van der Waals surface area (Å²) >= 11 is 7.57. The number of hydrogen-bond donors (Lipinski definition) is 0. The summed E-state index contributed by atoms with van der Waals surface area (Å²) in [5.74, 6) is 1.57. The van der Waals surface area contributed by atoms with E-state index in [1.54, 1.807) is 0 Å². The van der Waals surface area contributed by atoms with Crippen molar-refractivity contribution in [1.29, 1.82) is 0 Å². The van der Waals surface area contributed by atoms with Crippen molar-refractivity contribution in [2.24, 2.45) is 4.99 Å². The topological polar surface area (TPSA) is 12.4 Å². The molecule has 0 saturated carbocycles. The maximum Gasteiger partial charge on any atom is 0.205 e. The van der Waals surface area contributed by atoms with E-state index in [0.717, 1.165) is 8.95 Å². The van der Waals surface area contributed by atoms with Gasteiger partial charge in [-0.3, -0.25) is 0 Å². The molecule has 0 atom stereocenters. The first-order valence-electron chi connectivity index (χ1n) is 11.3. The van der Waals surface area contributed by atoms with Crippen molar-refractivity contribution in [2.75, 3.05) is 0 Å². The third-order valence-electron chi connectivity index (χ3n) is 6.13. The minimum Gasteiger partial charge on any atom is -1.00 e. The molecule has 1 aliphatic heterocycles. The maximum atomic E-state index is 4.68. The van der Waals surface area contributed by atoms with Gasteiger partial charge in [0, 0.05) is 31.2 Å². The molecule has 174 valence electrons. The molecule has 0 bridgehead atoms. The summed E-state index contributed by atoms with van der Waals surface area (Å²) in [6.45, 7) is 18.3. The first-order chi connectivity index (χ1) is 14.5. The monoisotopic (exact) mass is 580 g/mol. The van der Waals surface area contributed by atoms with E-state index in [4.69, 9.17) is 0 Å². The van der Waals surface area contributed by atoms with Crippen molar-refractivity contribution in [1.82, 2.24) is 4.48 Å². The summed E-state index contributed by atoms with van der Waals surface area (Å²) in [5, 5.41) is 0. The maximum absolute atomic E-state index is 4.68. The zero-order valence-corrected chi connectivity index (χ0v) is 24.3. The SMILES string of the molecule is CC(C)c1cc(Br)cc(C(C)C)c1[N+]1(c2c(C(C)C)cc(Br)cc2C(C)C)C=CN=C1.[Cl-]. The molecule has 2 aromatic carbocycles. The van der Waals surface area contributed by atoms with Gasteiger partial charge in [0.2, 0.25) is 6.34 Å². The van der Waals surface area contributed by atoms with Crippen molar-refractivity contribution in [3.05, 3.63) is 67.9 Å². The van der Waals surface area contributed by atoms with E-state index in [1.165, 1.54) is 33.6 Å². The van der Waals surface area contributed by atoms with Crippen molar-refractivity contribution in [3.8, 4) is 0 Å². The summed E-state index contributed by atoms with van der Waals surface area (Å²) in [6, 6.07) is 9.20. The molecule has 0 aromatic heterocycles. The van der Waals surface area contributed by atoms with Gasteiger partial charge in [0.05, 0.1) is 6.20 Å². The van der Waals surface area contributed by atoms with Crippen molar-refractivity contribution >= 4 is 49.6 Å². The molecule has 0 radical (unpaired) electrons. The quantitative estimate of drug-likeness (QED) is 0.330. The van der Waals surface area contributed by atoms with E-state index >= 15 is 0 Å². The average Bonchev–Trinajstić information content (AvgIpc) is 3.16. The van der Waals surface area contributed by atoms with Gasteiger partial charge in [-0.05, 0) is 47.9 Å². The van der Waals surface area contributed by atoms with Crippen LogP contribution >= 0.6 is 31.9 Å². The van der Waals surface area contributed by atoms with Gasteiger partial charge in [-0.1, -0.05) is 87.2 Å². The largest absolute Gasteiger partial charge is 1.00 e. The van der Waals surface area contributed by atoms with Crippen LogP contribution in [0.3, 0.4) is 0 Å². The Bertz CT molecular complexity index is 894. The second-order valence-corrected chi connectivity index (χ2v) is 11.7. The highest BCUT2D eigenvalue weighted by Crippen LogP contribution is 2.51. The van der Waals surface area contributed by atoms with Crippen LogP contribution in [0.1, 0.15) is 101 Å². The lowest BCUT2D eigenvalue weighted by atomic mass is 9.87. The molecule has 1 aliphatic rings. The Kier molecular flexibility index (Phi) is 9.00. The molecule has 3 rings (SSSR count). The van der Waals surface area contributed by atoms with Gasteiger partial charge in [-0.2, -0.15) is 4.48 Å². The number of hydrogen-bond acceptors (Lipinski definition) is 1. The Labute approximate surface area is 217 Å². The third kappa shape index (κ3) is 4.94. The summed E-state index contributed by atoms with van der Waals surface area (Å²) in [5.41, 5.74) is 8.15. The van der Waals surface area contributed by atoms with Crippen LogP contribution in [-0.4, -0.2) is 6.34 Å². The molecule has 0 aliphatic carbocycles. The van der Waals surface area contributed by atoms with Crippen LogP contribution < -0.4 is 16.9 Å². The molecular formula is C27H35Br2ClN2. The minimum atomic E-state index is 0. The lowest BCUT2D eigenvalue weighted by molar-refractivity contribution is -0.00000657. The highest BCUT2D eigenvalue weighted by molar-refractivity contribution is 9.10. The van der Waals surface area contributed by atoms with Crippen molar-refractivity contribution in [3.63, 3.8) is 0 Å². The van der Waals surface area contributed by atoms with Gasteiger partial charge in [-0.25, -0.2) is 4.99 Å². The zero-order valence-electron chi connectivity index (χ0n) is 20.4. The molecule has 1 heterocycles. The predicted octanol–water partition coefficient (Wildman–Crippen LogP) is 6.86. The van der Waals surface area contributed by atoms with Crippen molar-refractivity contribution in [2.45, 2.75) is 79.1 Å². The number of quaternary nitrogens is 1. The van der Waals surface area contributed by atoms with Crippen LogP contribution in [0.4, 0.5) is 11.4 Å². The Balaban J connectivity index is 0.00000363. The molecule has 0 N–H and O–H groups in total. The second kappa shape index (κ2) is 10.5. The van der Waals surface area contributed by atoms with Gasteiger partial charge in [-0.15, -0.1) is 0 Å². The molecule has 32 heavy (non-hydrogen) atoms. The van der Waals surface area contributed by atoms with Gasteiger partial charge < -0.3 is 12.4 Å². The Morgan fingerprint density at radius 3 is 1.16 bits per heavy atom. The molecule has 0 saturated heterocycles. The van der Waals surface area contributed by atoms with E-state index < -0.39 is 0 Å². The van der Waals surface area contributed by atoms with E-state index in [2.05, 4.69) is 129 Å².